The molecule has 1 N–H and O–H groups in total. The van der Waals surface area contributed by atoms with Crippen LogP contribution in [-0.4, -0.2) is 58.7 Å². The van der Waals surface area contributed by atoms with Crippen molar-refractivity contribution in [3.05, 3.63) is 46.7 Å². The molecule has 4 heterocycles. The highest BCUT2D eigenvalue weighted by atomic mass is 35.5. The van der Waals surface area contributed by atoms with Gasteiger partial charge >= 0.3 is 5.97 Å². The molecule has 226 valence electrons. The summed E-state index contributed by atoms with van der Waals surface area (Å²) in [6.07, 6.45) is 6.16. The fraction of sp³-hybridized carbons (Fsp3) is 0.452. The highest BCUT2D eigenvalue weighted by Gasteiger charge is 2.40. The molecule has 1 aromatic carbocycles. The first-order chi connectivity index (χ1) is 20.8. The molecule has 3 aliphatic rings. The zero-order valence-electron chi connectivity index (χ0n) is 23.5. The Balaban J connectivity index is 1.31. The Morgan fingerprint density at radius 2 is 1.95 bits per heavy atom. The molecule has 0 bridgehead atoms. The van der Waals surface area contributed by atoms with Crippen LogP contribution >= 0.6 is 22.9 Å². The molecule has 3 fully saturated rings. The lowest BCUT2D eigenvalue weighted by molar-refractivity contribution is -0.141. The first-order valence-electron chi connectivity index (χ1n) is 14.6. The molecule has 1 saturated carbocycles. The summed E-state index contributed by atoms with van der Waals surface area (Å²) in [5.41, 5.74) is 1.87. The Morgan fingerprint density at radius 1 is 1.16 bits per heavy atom. The summed E-state index contributed by atoms with van der Waals surface area (Å²) < 4.78 is 21.2. The van der Waals surface area contributed by atoms with E-state index >= 15 is 4.39 Å². The van der Waals surface area contributed by atoms with Gasteiger partial charge in [0, 0.05) is 60.5 Å². The van der Waals surface area contributed by atoms with Crippen molar-refractivity contribution in [1.82, 2.24) is 9.97 Å². The second kappa shape index (κ2) is 12.7. The van der Waals surface area contributed by atoms with Crippen LogP contribution in [0.25, 0.3) is 22.4 Å². The van der Waals surface area contributed by atoms with E-state index < -0.39 is 17.0 Å². The number of hydrogen-bond acceptors (Lipinski definition) is 7. The Morgan fingerprint density at radius 3 is 2.60 bits per heavy atom. The van der Waals surface area contributed by atoms with Crippen molar-refractivity contribution in [3.8, 4) is 22.4 Å². The van der Waals surface area contributed by atoms with Crippen LogP contribution in [0.2, 0.25) is 5.02 Å². The van der Waals surface area contributed by atoms with Crippen molar-refractivity contribution >= 4 is 51.7 Å². The number of aliphatic carboxylic acids is 1. The van der Waals surface area contributed by atoms with Crippen molar-refractivity contribution in [2.24, 2.45) is 11.8 Å². The number of carbonyl (C=O) groups is 3. The average molecular weight is 627 g/mol. The number of aromatic nitrogens is 2. The van der Waals surface area contributed by atoms with E-state index in [4.69, 9.17) is 16.3 Å². The fourth-order valence-electron chi connectivity index (χ4n) is 5.95. The SMILES string of the molecule is O=C(O)C[C@@H](CC1CCOCC1)C(=O)N(c1nc(-c2cc(Cl)ccc2-c2ccc(N3CCCC3=O)nc2)c(F)s1)C1CC1. The molecule has 12 heteroatoms. The lowest BCUT2D eigenvalue weighted by Crippen LogP contribution is -2.40. The lowest BCUT2D eigenvalue weighted by Gasteiger charge is -2.29. The van der Waals surface area contributed by atoms with Crippen molar-refractivity contribution < 1.29 is 28.6 Å². The van der Waals surface area contributed by atoms with Gasteiger partial charge in [0.25, 0.3) is 0 Å². The van der Waals surface area contributed by atoms with Gasteiger partial charge in [-0.25, -0.2) is 9.97 Å². The number of benzene rings is 1. The van der Waals surface area contributed by atoms with Gasteiger partial charge < -0.3 is 9.84 Å². The van der Waals surface area contributed by atoms with E-state index in [0.29, 0.717) is 60.1 Å². The van der Waals surface area contributed by atoms with Gasteiger partial charge in [-0.15, -0.1) is 0 Å². The predicted molar refractivity (Wildman–Crippen MR) is 162 cm³/mol. The van der Waals surface area contributed by atoms with Gasteiger partial charge in [-0.3, -0.25) is 24.2 Å². The molecule has 6 rings (SSSR count). The number of nitrogens with zero attached hydrogens (tertiary/aromatic N) is 4. The highest BCUT2D eigenvalue weighted by Crippen LogP contribution is 2.42. The predicted octanol–water partition coefficient (Wildman–Crippen LogP) is 6.19. The fourth-order valence-corrected chi connectivity index (χ4v) is 7.01. The van der Waals surface area contributed by atoms with Crippen molar-refractivity contribution in [1.29, 1.82) is 0 Å². The number of anilines is 2. The summed E-state index contributed by atoms with van der Waals surface area (Å²) in [6.45, 7) is 1.83. The number of carboxylic acids is 1. The topological polar surface area (TPSA) is 113 Å². The molecule has 2 amide bonds. The normalized spacial score (nSPS) is 18.2. The minimum Gasteiger partial charge on any atom is -0.481 e. The van der Waals surface area contributed by atoms with Crippen LogP contribution in [0.15, 0.2) is 36.5 Å². The molecule has 3 aromatic rings. The quantitative estimate of drug-likeness (QED) is 0.285. The van der Waals surface area contributed by atoms with E-state index in [0.717, 1.165) is 43.4 Å². The van der Waals surface area contributed by atoms with Crippen LogP contribution in [0.5, 0.6) is 0 Å². The highest BCUT2D eigenvalue weighted by molar-refractivity contribution is 7.14. The van der Waals surface area contributed by atoms with Crippen LogP contribution < -0.4 is 9.80 Å². The monoisotopic (exact) mass is 626 g/mol. The number of ether oxygens (including phenoxy) is 1. The third kappa shape index (κ3) is 6.58. The molecule has 0 radical (unpaired) electrons. The van der Waals surface area contributed by atoms with E-state index in [-0.39, 0.29) is 41.0 Å². The maximum atomic E-state index is 15.7. The second-order valence-electron chi connectivity index (χ2n) is 11.4. The minimum absolute atomic E-state index is 0.0395. The molecule has 2 saturated heterocycles. The molecule has 9 nitrogen and oxygen atoms in total. The Hall–Kier alpha value is -3.41. The summed E-state index contributed by atoms with van der Waals surface area (Å²) in [6, 6.07) is 8.58. The van der Waals surface area contributed by atoms with Crippen LogP contribution in [0.1, 0.15) is 51.4 Å². The molecule has 2 aliphatic heterocycles. The molecular weight excluding hydrogens is 595 g/mol. The molecular formula is C31H32ClFN4O5S. The summed E-state index contributed by atoms with van der Waals surface area (Å²) in [5, 5.41) is 9.66. The number of hydrogen-bond donors (Lipinski definition) is 1. The largest absolute Gasteiger partial charge is 0.481 e. The van der Waals surface area contributed by atoms with Gasteiger partial charge in [-0.2, -0.15) is 4.39 Å². The van der Waals surface area contributed by atoms with Crippen LogP contribution in [-0.2, 0) is 19.1 Å². The number of pyridine rings is 1. The van der Waals surface area contributed by atoms with Gasteiger partial charge in [0.05, 0.1) is 6.42 Å². The summed E-state index contributed by atoms with van der Waals surface area (Å²) in [7, 11) is 0. The minimum atomic E-state index is -1.04. The van der Waals surface area contributed by atoms with E-state index in [2.05, 4.69) is 9.97 Å². The van der Waals surface area contributed by atoms with Gasteiger partial charge in [-0.1, -0.05) is 29.0 Å². The third-order valence-electron chi connectivity index (χ3n) is 8.30. The maximum absolute atomic E-state index is 15.7. The third-order valence-corrected chi connectivity index (χ3v) is 9.38. The van der Waals surface area contributed by atoms with Gasteiger partial charge in [-0.05, 0) is 74.3 Å². The Bertz CT molecular complexity index is 1520. The molecule has 2 aromatic heterocycles. The first-order valence-corrected chi connectivity index (χ1v) is 15.8. The van der Waals surface area contributed by atoms with E-state index in [9.17, 15) is 19.5 Å². The van der Waals surface area contributed by atoms with Crippen LogP contribution in [0, 0.1) is 17.0 Å². The standard InChI is InChI=1S/C31H32ClFN4O5S/c32-21-4-7-23(19-3-8-25(34-17-19)36-11-1-2-26(36)38)24(16-21)28-29(33)43-31(35-28)37(22-5-6-22)30(41)20(15-27(39)40)14-18-9-12-42-13-10-18/h3-4,7-8,16-18,20,22H,1-2,5-6,9-15H2,(H,39,40)/t20-/m1/s1. The Labute approximate surface area is 257 Å². The summed E-state index contributed by atoms with van der Waals surface area (Å²) in [4.78, 5) is 50.1. The first kappa shape index (κ1) is 29.7. The van der Waals surface area contributed by atoms with E-state index in [1.165, 1.54) is 4.90 Å². The number of halogens is 2. The number of thiazole rings is 1. The number of carboxylic acid groups (broad SMARTS) is 1. The van der Waals surface area contributed by atoms with Crippen molar-refractivity contribution in [3.63, 3.8) is 0 Å². The van der Waals surface area contributed by atoms with Gasteiger partial charge in [0.1, 0.15) is 11.5 Å². The van der Waals surface area contributed by atoms with E-state index in [1.807, 2.05) is 6.07 Å². The van der Waals surface area contributed by atoms with Gasteiger partial charge in [0.2, 0.25) is 16.9 Å². The number of rotatable bonds is 10. The molecule has 1 aliphatic carbocycles. The molecule has 1 atom stereocenters. The van der Waals surface area contributed by atoms with Crippen LogP contribution in [0.4, 0.5) is 15.3 Å². The van der Waals surface area contributed by atoms with Crippen molar-refractivity contribution in [2.75, 3.05) is 29.6 Å². The van der Waals surface area contributed by atoms with E-state index in [1.54, 1.807) is 35.4 Å². The molecule has 0 unspecified atom stereocenters. The van der Waals surface area contributed by atoms with Crippen molar-refractivity contribution in [2.45, 2.75) is 57.4 Å². The summed E-state index contributed by atoms with van der Waals surface area (Å²) in [5.74, 6) is -1.28. The van der Waals surface area contributed by atoms with Crippen LogP contribution in [0.3, 0.4) is 0 Å². The number of amides is 2. The smallest absolute Gasteiger partial charge is 0.304 e. The zero-order chi connectivity index (χ0) is 30.1. The Kier molecular flexibility index (Phi) is 8.74. The second-order valence-corrected chi connectivity index (χ2v) is 12.8. The molecule has 43 heavy (non-hydrogen) atoms. The average Bonchev–Trinajstić information content (AvgIpc) is 3.62. The summed E-state index contributed by atoms with van der Waals surface area (Å²) >= 11 is 7.14. The van der Waals surface area contributed by atoms with Gasteiger partial charge in [0.15, 0.2) is 5.13 Å². The zero-order valence-corrected chi connectivity index (χ0v) is 25.1. The maximum Gasteiger partial charge on any atom is 0.304 e. The number of carbonyl (C=O) groups excluding carboxylic acids is 2. The molecule has 0 spiro atoms. The lowest BCUT2D eigenvalue weighted by atomic mass is 9.86.